The van der Waals surface area contributed by atoms with Crippen molar-refractivity contribution in [1.82, 2.24) is 5.43 Å². The molecule has 0 aliphatic carbocycles. The number of anilines is 1. The summed E-state index contributed by atoms with van der Waals surface area (Å²) in [6.07, 6.45) is 1.47. The van der Waals surface area contributed by atoms with E-state index < -0.39 is 0 Å². The van der Waals surface area contributed by atoms with Crippen LogP contribution in [-0.2, 0) is 0 Å². The maximum atomic E-state index is 9.74. The largest absolute Gasteiger partial charge is 0.507 e. The standard InChI is InChI=1S/C16H17N3O2S/c1-11-4-3-5-13(8-11)18-16(22)19-17-10-12-9-14(21-2)6-7-15(12)20/h3-10,20H,1-2H3,(H2,18,19,22). The molecule has 0 fully saturated rings. The minimum absolute atomic E-state index is 0.115. The summed E-state index contributed by atoms with van der Waals surface area (Å²) in [6.45, 7) is 2.01. The maximum absolute atomic E-state index is 9.74. The van der Waals surface area contributed by atoms with Crippen molar-refractivity contribution in [2.75, 3.05) is 12.4 Å². The lowest BCUT2D eigenvalue weighted by Gasteiger charge is -2.07. The molecular formula is C16H17N3O2S. The molecule has 0 aromatic heterocycles. The molecule has 2 rings (SSSR count). The van der Waals surface area contributed by atoms with Crippen LogP contribution in [0.5, 0.6) is 11.5 Å². The number of nitrogens with one attached hydrogen (secondary N) is 2. The van der Waals surface area contributed by atoms with E-state index in [0.717, 1.165) is 11.3 Å². The van der Waals surface area contributed by atoms with Crippen LogP contribution in [0.15, 0.2) is 47.6 Å². The number of phenolic OH excluding ortho intramolecular Hbond substituents is 1. The number of phenols is 1. The molecule has 2 aromatic rings. The highest BCUT2D eigenvalue weighted by Gasteiger charge is 2.01. The predicted octanol–water partition coefficient (Wildman–Crippen LogP) is 3.03. The van der Waals surface area contributed by atoms with E-state index in [9.17, 15) is 5.11 Å². The number of methoxy groups -OCH3 is 1. The molecule has 0 aliphatic rings. The molecule has 0 heterocycles. The number of benzene rings is 2. The van der Waals surface area contributed by atoms with Gasteiger partial charge < -0.3 is 15.2 Å². The third kappa shape index (κ3) is 4.46. The van der Waals surface area contributed by atoms with Crippen molar-refractivity contribution in [3.05, 3.63) is 53.6 Å². The van der Waals surface area contributed by atoms with E-state index in [1.807, 2.05) is 31.2 Å². The molecule has 114 valence electrons. The molecular weight excluding hydrogens is 298 g/mol. The van der Waals surface area contributed by atoms with E-state index in [-0.39, 0.29) is 5.75 Å². The first-order valence-electron chi connectivity index (χ1n) is 6.62. The molecule has 0 spiro atoms. The summed E-state index contributed by atoms with van der Waals surface area (Å²) in [7, 11) is 1.56. The zero-order chi connectivity index (χ0) is 15.9. The summed E-state index contributed by atoms with van der Waals surface area (Å²) in [5.41, 5.74) is 5.26. The topological polar surface area (TPSA) is 65.9 Å². The number of hydrazone groups is 1. The number of nitrogens with zero attached hydrogens (tertiary/aromatic N) is 1. The Balaban J connectivity index is 1.96. The Kier molecular flexibility index (Phi) is 5.32. The second-order valence-electron chi connectivity index (χ2n) is 4.62. The van der Waals surface area contributed by atoms with Gasteiger partial charge in [0.1, 0.15) is 11.5 Å². The molecule has 3 N–H and O–H groups in total. The van der Waals surface area contributed by atoms with Crippen molar-refractivity contribution in [1.29, 1.82) is 0 Å². The van der Waals surface area contributed by atoms with Gasteiger partial charge in [0.05, 0.1) is 13.3 Å². The van der Waals surface area contributed by atoms with Crippen molar-refractivity contribution in [2.45, 2.75) is 6.92 Å². The van der Waals surface area contributed by atoms with E-state index >= 15 is 0 Å². The molecule has 0 amide bonds. The minimum Gasteiger partial charge on any atom is -0.507 e. The van der Waals surface area contributed by atoms with Crippen LogP contribution in [0.4, 0.5) is 5.69 Å². The van der Waals surface area contributed by atoms with E-state index in [4.69, 9.17) is 17.0 Å². The SMILES string of the molecule is COc1ccc(O)c(C=NNC(=S)Nc2cccc(C)c2)c1. The van der Waals surface area contributed by atoms with Gasteiger partial charge in [-0.2, -0.15) is 5.10 Å². The van der Waals surface area contributed by atoms with Gasteiger partial charge in [0.2, 0.25) is 0 Å². The van der Waals surface area contributed by atoms with Gasteiger partial charge in [-0.15, -0.1) is 0 Å². The number of rotatable bonds is 4. The average molecular weight is 315 g/mol. The fourth-order valence-corrected chi connectivity index (χ4v) is 1.98. The second kappa shape index (κ2) is 7.42. The van der Waals surface area contributed by atoms with Crippen molar-refractivity contribution < 1.29 is 9.84 Å². The van der Waals surface area contributed by atoms with Crippen molar-refractivity contribution in [2.24, 2.45) is 5.10 Å². The molecule has 0 radical (unpaired) electrons. The van der Waals surface area contributed by atoms with E-state index in [1.165, 1.54) is 6.21 Å². The summed E-state index contributed by atoms with van der Waals surface area (Å²) in [4.78, 5) is 0. The fraction of sp³-hybridized carbons (Fsp3) is 0.125. The van der Waals surface area contributed by atoms with Gasteiger partial charge in [0.15, 0.2) is 5.11 Å². The molecule has 5 nitrogen and oxygen atoms in total. The van der Waals surface area contributed by atoms with Crippen molar-refractivity contribution >= 4 is 29.2 Å². The monoisotopic (exact) mass is 315 g/mol. The van der Waals surface area contributed by atoms with Gasteiger partial charge in [-0.05, 0) is 55.0 Å². The fourth-order valence-electron chi connectivity index (χ4n) is 1.81. The predicted molar refractivity (Wildman–Crippen MR) is 92.8 cm³/mol. The summed E-state index contributed by atoms with van der Waals surface area (Å²) < 4.78 is 5.10. The van der Waals surface area contributed by atoms with E-state index in [0.29, 0.717) is 16.4 Å². The summed E-state index contributed by atoms with van der Waals surface area (Å²) >= 11 is 5.15. The lowest BCUT2D eigenvalue weighted by atomic mass is 10.2. The minimum atomic E-state index is 0.115. The quantitative estimate of drug-likeness (QED) is 0.460. The van der Waals surface area contributed by atoms with Gasteiger partial charge in [-0.3, -0.25) is 5.43 Å². The third-order valence-electron chi connectivity index (χ3n) is 2.88. The van der Waals surface area contributed by atoms with E-state index in [1.54, 1.807) is 25.3 Å². The van der Waals surface area contributed by atoms with Crippen LogP contribution in [0.1, 0.15) is 11.1 Å². The highest BCUT2D eigenvalue weighted by atomic mass is 32.1. The van der Waals surface area contributed by atoms with E-state index in [2.05, 4.69) is 15.8 Å². The van der Waals surface area contributed by atoms with Crippen LogP contribution in [0.2, 0.25) is 0 Å². The van der Waals surface area contributed by atoms with Crippen LogP contribution in [-0.4, -0.2) is 23.5 Å². The Hall–Kier alpha value is -2.60. The maximum Gasteiger partial charge on any atom is 0.191 e. The molecule has 0 aliphatic heterocycles. The molecule has 0 saturated carbocycles. The molecule has 0 atom stereocenters. The van der Waals surface area contributed by atoms with Crippen LogP contribution in [0.3, 0.4) is 0 Å². The molecule has 0 bridgehead atoms. The second-order valence-corrected chi connectivity index (χ2v) is 5.03. The Morgan fingerprint density at radius 3 is 2.82 bits per heavy atom. The molecule has 22 heavy (non-hydrogen) atoms. The lowest BCUT2D eigenvalue weighted by Crippen LogP contribution is -2.23. The zero-order valence-corrected chi connectivity index (χ0v) is 13.1. The Labute approximate surface area is 134 Å². The van der Waals surface area contributed by atoms with Crippen LogP contribution < -0.4 is 15.5 Å². The van der Waals surface area contributed by atoms with Crippen molar-refractivity contribution in [3.63, 3.8) is 0 Å². The first-order valence-corrected chi connectivity index (χ1v) is 7.03. The van der Waals surface area contributed by atoms with Crippen LogP contribution in [0.25, 0.3) is 0 Å². The number of hydrogen-bond acceptors (Lipinski definition) is 4. The number of ether oxygens (including phenoxy) is 1. The Bertz CT molecular complexity index is 702. The summed E-state index contributed by atoms with van der Waals surface area (Å²) in [6, 6.07) is 12.7. The Morgan fingerprint density at radius 1 is 1.27 bits per heavy atom. The molecule has 0 saturated heterocycles. The number of aromatic hydroxyl groups is 1. The van der Waals surface area contributed by atoms with Crippen LogP contribution >= 0.6 is 12.2 Å². The third-order valence-corrected chi connectivity index (χ3v) is 3.07. The van der Waals surface area contributed by atoms with Crippen molar-refractivity contribution in [3.8, 4) is 11.5 Å². The lowest BCUT2D eigenvalue weighted by molar-refractivity contribution is 0.412. The van der Waals surface area contributed by atoms with Gasteiger partial charge in [-0.1, -0.05) is 12.1 Å². The van der Waals surface area contributed by atoms with Gasteiger partial charge in [0, 0.05) is 11.3 Å². The first kappa shape index (κ1) is 15.8. The highest BCUT2D eigenvalue weighted by molar-refractivity contribution is 7.80. The number of hydrogen-bond donors (Lipinski definition) is 3. The average Bonchev–Trinajstić information content (AvgIpc) is 2.49. The van der Waals surface area contributed by atoms with Crippen LogP contribution in [0, 0.1) is 6.92 Å². The first-order chi connectivity index (χ1) is 10.6. The van der Waals surface area contributed by atoms with Gasteiger partial charge >= 0.3 is 0 Å². The smallest absolute Gasteiger partial charge is 0.191 e. The highest BCUT2D eigenvalue weighted by Crippen LogP contribution is 2.20. The normalized spacial score (nSPS) is 10.5. The summed E-state index contributed by atoms with van der Waals surface area (Å²) in [5, 5.41) is 17.1. The summed E-state index contributed by atoms with van der Waals surface area (Å²) in [5.74, 6) is 0.753. The Morgan fingerprint density at radius 2 is 2.09 bits per heavy atom. The van der Waals surface area contributed by atoms with Gasteiger partial charge in [-0.25, -0.2) is 0 Å². The molecule has 0 unspecified atom stereocenters. The molecule has 6 heteroatoms. The number of thiocarbonyl (C=S) groups is 1. The zero-order valence-electron chi connectivity index (χ0n) is 12.3. The molecule has 2 aromatic carbocycles. The van der Waals surface area contributed by atoms with Gasteiger partial charge in [0.25, 0.3) is 0 Å². The number of aryl methyl sites for hydroxylation is 1.